The van der Waals surface area contributed by atoms with E-state index in [1.807, 2.05) is 46.0 Å². The Morgan fingerprint density at radius 2 is 1.68 bits per heavy atom. The zero-order chi connectivity index (χ0) is 52.7. The van der Waals surface area contributed by atoms with Crippen LogP contribution in [0.25, 0.3) is 0 Å². The zero-order valence-corrected chi connectivity index (χ0v) is 44.9. The fourth-order valence-electron chi connectivity index (χ4n) is 10.8. The van der Waals surface area contributed by atoms with E-state index in [-0.39, 0.29) is 37.0 Å². The molecule has 0 unspecified atom stereocenters. The van der Waals surface area contributed by atoms with Gasteiger partial charge in [-0.25, -0.2) is 0 Å². The molecule has 3 fully saturated rings. The molecule has 5 N–H and O–H groups in total. The number of nitrogens with zero attached hydrogens (tertiary/aromatic N) is 6. The van der Waals surface area contributed by atoms with Gasteiger partial charge in [0.25, 0.3) is 5.69 Å². The van der Waals surface area contributed by atoms with Gasteiger partial charge in [0.05, 0.1) is 52.2 Å². The molecule has 0 aliphatic carbocycles. The van der Waals surface area contributed by atoms with Crippen LogP contribution in [0.3, 0.4) is 0 Å². The van der Waals surface area contributed by atoms with E-state index in [0.29, 0.717) is 32.5 Å². The van der Waals surface area contributed by atoms with E-state index in [4.69, 9.17) is 28.4 Å². The highest BCUT2D eigenvalue weighted by Crippen LogP contribution is 2.40. The normalized spacial score (nSPS) is 39.4. The maximum Gasteiger partial charge on any atom is 0.311 e. The third-order valence-corrected chi connectivity index (χ3v) is 16.4. The number of methoxy groups -OCH3 is 1. The summed E-state index contributed by atoms with van der Waals surface area (Å²) in [4.78, 5) is 30.0. The van der Waals surface area contributed by atoms with E-state index in [9.17, 15) is 40.4 Å². The van der Waals surface area contributed by atoms with Gasteiger partial charge in [-0.1, -0.05) is 26.0 Å². The molecule has 2 aromatic rings. The number of non-ortho nitro benzene ring substituents is 1. The SMILES string of the molecule is CC[C@H]1OC(=O)[C@H](C)[C@@H](O[C@H]2C[C@@](C)(OC)[C@@H](O)[C@H](C)O2)[C@H](C)[C@@H](O[C@@H]2O[C@H](C)C[C@H](N(C)CCc3cn(CCCSc4ccc([N+](=O)[O-])cc4)nn3)[C@H]2O)[C@](C)(O)C[C@@H](C)CN(C)[C@H](C)[C@@H](O)[C@]1(C)O. The number of aromatic nitrogens is 3. The second kappa shape index (κ2) is 25.1. The van der Waals surface area contributed by atoms with Crippen LogP contribution in [0, 0.1) is 27.9 Å². The van der Waals surface area contributed by atoms with Crippen LogP contribution in [-0.4, -0.2) is 192 Å². The molecule has 0 amide bonds. The van der Waals surface area contributed by atoms with Gasteiger partial charge in [0.15, 0.2) is 12.6 Å². The van der Waals surface area contributed by atoms with Gasteiger partial charge in [-0.05, 0) is 112 Å². The summed E-state index contributed by atoms with van der Waals surface area (Å²) in [6.45, 7) is 19.1. The lowest BCUT2D eigenvalue weighted by atomic mass is 9.77. The number of hydrogen-bond acceptors (Lipinski definition) is 19. The highest BCUT2D eigenvalue weighted by Gasteiger charge is 2.53. The van der Waals surface area contributed by atoms with Gasteiger partial charge in [0, 0.05) is 80.8 Å². The molecule has 404 valence electrons. The van der Waals surface area contributed by atoms with Crippen molar-refractivity contribution in [2.45, 2.75) is 210 Å². The predicted molar refractivity (Wildman–Crippen MR) is 265 cm³/mol. The van der Waals surface area contributed by atoms with Gasteiger partial charge in [-0.3, -0.25) is 19.6 Å². The number of likely N-dealkylation sites (N-methyl/N-ethyl adjacent to an activating group) is 2. The largest absolute Gasteiger partial charge is 0.459 e. The van der Waals surface area contributed by atoms with Crippen LogP contribution >= 0.6 is 11.8 Å². The van der Waals surface area contributed by atoms with Crippen LogP contribution in [0.2, 0.25) is 0 Å². The number of ether oxygens (including phenoxy) is 6. The summed E-state index contributed by atoms with van der Waals surface area (Å²) in [7, 11) is 5.26. The second-order valence-electron chi connectivity index (χ2n) is 21.4. The molecule has 1 aromatic carbocycles. The molecule has 0 bridgehead atoms. The molecule has 20 nitrogen and oxygen atoms in total. The Balaban J connectivity index is 1.38. The minimum Gasteiger partial charge on any atom is -0.459 e. The van der Waals surface area contributed by atoms with E-state index in [0.717, 1.165) is 22.8 Å². The molecule has 5 rings (SSSR count). The molecule has 0 spiro atoms. The highest BCUT2D eigenvalue weighted by molar-refractivity contribution is 7.99. The molecule has 18 atom stereocenters. The van der Waals surface area contributed by atoms with Crippen molar-refractivity contribution in [3.63, 3.8) is 0 Å². The summed E-state index contributed by atoms with van der Waals surface area (Å²) in [5, 5.41) is 79.3. The first kappa shape index (κ1) is 59.0. The average molecular weight is 1030 g/mol. The number of thioether (sulfide) groups is 1. The lowest BCUT2D eigenvalue weighted by Crippen LogP contribution is -2.61. The van der Waals surface area contributed by atoms with Gasteiger partial charge in [0.1, 0.15) is 30.0 Å². The number of esters is 1. The predicted octanol–water partition coefficient (Wildman–Crippen LogP) is 4.20. The quantitative estimate of drug-likeness (QED) is 0.0519. The molecule has 21 heteroatoms. The number of aryl methyl sites for hydroxylation is 1. The van der Waals surface area contributed by atoms with Crippen LogP contribution in [0.4, 0.5) is 5.69 Å². The summed E-state index contributed by atoms with van der Waals surface area (Å²) in [5.41, 5.74) is -3.69. The van der Waals surface area contributed by atoms with Crippen molar-refractivity contribution in [2.75, 3.05) is 40.0 Å². The summed E-state index contributed by atoms with van der Waals surface area (Å²) >= 11 is 1.62. The van der Waals surface area contributed by atoms with Gasteiger partial charge in [0.2, 0.25) is 0 Å². The van der Waals surface area contributed by atoms with Crippen molar-refractivity contribution in [2.24, 2.45) is 17.8 Å². The Hall–Kier alpha value is -2.90. The van der Waals surface area contributed by atoms with Crippen molar-refractivity contribution < 1.29 is 63.7 Å². The molecule has 3 saturated heterocycles. The topological polar surface area (TPSA) is 254 Å². The van der Waals surface area contributed by atoms with Crippen molar-refractivity contribution in [3.8, 4) is 0 Å². The number of rotatable bonds is 16. The van der Waals surface area contributed by atoms with E-state index in [1.54, 1.807) is 70.1 Å². The number of cyclic esters (lactones) is 1. The third kappa shape index (κ3) is 14.7. The molecule has 71 heavy (non-hydrogen) atoms. The zero-order valence-electron chi connectivity index (χ0n) is 44.1. The lowest BCUT2D eigenvalue weighted by molar-refractivity contribution is -0.384. The van der Waals surface area contributed by atoms with Crippen LogP contribution in [0.15, 0.2) is 35.4 Å². The Kier molecular flexibility index (Phi) is 20.8. The highest BCUT2D eigenvalue weighted by atomic mass is 32.2. The first-order valence-electron chi connectivity index (χ1n) is 25.3. The summed E-state index contributed by atoms with van der Waals surface area (Å²) < 4.78 is 40.0. The number of aliphatic hydroxyl groups is 5. The van der Waals surface area contributed by atoms with Gasteiger partial charge in [-0.15, -0.1) is 16.9 Å². The van der Waals surface area contributed by atoms with E-state index in [1.165, 1.54) is 26.2 Å². The number of hydrogen-bond donors (Lipinski definition) is 5. The Morgan fingerprint density at radius 3 is 2.31 bits per heavy atom. The maximum absolute atomic E-state index is 14.5. The number of carbonyl (C=O) groups excluding carboxylic acids is 1. The van der Waals surface area contributed by atoms with E-state index in [2.05, 4.69) is 15.2 Å². The number of nitro benzene ring substituents is 1. The minimum absolute atomic E-state index is 0.0611. The minimum atomic E-state index is -1.84. The van der Waals surface area contributed by atoms with Crippen LogP contribution in [0.5, 0.6) is 0 Å². The standard InChI is InChI=1S/C50H84N6O14S/c1-14-39-50(10,62)43(58)33(6)54(12)27-29(2)25-48(8,61)45(31(4)42(32(5)46(60)68-39)69-40-26-49(9,65-13)44(59)34(7)67-40)70-47-41(57)38(24-30(3)66-47)53(11)22-20-35-28-55(52-51-35)21-15-23-71-37-18-16-36(17-19-37)56(63)64/h16-19,28-34,38-45,47,57-59,61-62H,14-15,20-27H2,1-13H3/t29-,30-,31+,32-,33-,34+,38+,39-,40+,41-,42+,43-,44+,45-,47+,48-,49-,50-/m1/s1. The molecule has 1 aromatic heterocycles. The molecule has 0 saturated carbocycles. The Bertz CT molecular complexity index is 2000. The summed E-state index contributed by atoms with van der Waals surface area (Å²) in [6.07, 6.45) is -5.83. The lowest BCUT2D eigenvalue weighted by Gasteiger charge is -2.49. The fraction of sp³-hybridized carbons (Fsp3) is 0.820. The maximum atomic E-state index is 14.5. The fourth-order valence-corrected chi connectivity index (χ4v) is 11.6. The van der Waals surface area contributed by atoms with E-state index < -0.39 is 107 Å². The number of benzene rings is 1. The summed E-state index contributed by atoms with van der Waals surface area (Å²) in [6, 6.07) is 5.50. The Labute approximate surface area is 424 Å². The number of nitro groups is 1. The van der Waals surface area contributed by atoms with Crippen LogP contribution < -0.4 is 0 Å². The smallest absolute Gasteiger partial charge is 0.311 e. The van der Waals surface area contributed by atoms with Gasteiger partial charge >= 0.3 is 5.97 Å². The first-order valence-corrected chi connectivity index (χ1v) is 26.2. The van der Waals surface area contributed by atoms with Crippen molar-refractivity contribution in [1.82, 2.24) is 24.8 Å². The molecular formula is C50H84N6O14S. The molecule has 3 aliphatic heterocycles. The average Bonchev–Trinajstić information content (AvgIpc) is 3.78. The molecular weight excluding hydrogens is 941 g/mol. The molecule has 0 radical (unpaired) electrons. The van der Waals surface area contributed by atoms with Gasteiger partial charge < -0.3 is 63.8 Å². The molecule has 4 heterocycles. The molecule has 3 aliphatic rings. The monoisotopic (exact) mass is 1020 g/mol. The summed E-state index contributed by atoms with van der Waals surface area (Å²) in [5.74, 6) is -2.00. The third-order valence-electron chi connectivity index (χ3n) is 15.3. The van der Waals surface area contributed by atoms with Gasteiger partial charge in [-0.2, -0.15) is 0 Å². The van der Waals surface area contributed by atoms with Crippen molar-refractivity contribution in [1.29, 1.82) is 0 Å². The van der Waals surface area contributed by atoms with Crippen LogP contribution in [-0.2, 0) is 46.2 Å². The Morgan fingerprint density at radius 1 is 1.00 bits per heavy atom. The van der Waals surface area contributed by atoms with Crippen molar-refractivity contribution in [3.05, 3.63) is 46.3 Å². The number of aliphatic hydroxyl groups excluding tert-OH is 3. The first-order chi connectivity index (χ1) is 33.2. The van der Waals surface area contributed by atoms with Crippen LogP contribution in [0.1, 0.15) is 107 Å². The number of carbonyl (C=O) groups is 1. The van der Waals surface area contributed by atoms with Crippen molar-refractivity contribution >= 4 is 23.4 Å². The second-order valence-corrected chi connectivity index (χ2v) is 22.5. The van der Waals surface area contributed by atoms with E-state index >= 15 is 0 Å².